The van der Waals surface area contributed by atoms with Crippen LogP contribution in [0.1, 0.15) is 18.4 Å². The molecule has 0 bridgehead atoms. The lowest BCUT2D eigenvalue weighted by Crippen LogP contribution is -2.10. The number of ether oxygens (including phenoxy) is 1. The normalized spacial score (nSPS) is 16.5. The van der Waals surface area contributed by atoms with Gasteiger partial charge >= 0.3 is 6.18 Å². The molecule has 1 saturated carbocycles. The average Bonchev–Trinajstić information content (AvgIpc) is 2.90. The first kappa shape index (κ1) is 10.5. The van der Waals surface area contributed by atoms with Crippen LogP contribution in [0.4, 0.5) is 13.2 Å². The fraction of sp³-hybridized carbons (Fsp3) is 0.444. The molecule has 2 rings (SSSR count). The monoisotopic (exact) mass is 237 g/mol. The maximum absolute atomic E-state index is 12.5. The Labute approximate surface area is 89.0 Å². The van der Waals surface area contributed by atoms with Crippen LogP contribution in [0, 0.1) is 0 Å². The molecule has 1 heterocycles. The van der Waals surface area contributed by atoms with E-state index in [9.17, 15) is 13.2 Å². The molecule has 1 aromatic heterocycles. The molecule has 82 valence electrons. The van der Waals surface area contributed by atoms with Crippen molar-refractivity contribution in [1.82, 2.24) is 4.98 Å². The van der Waals surface area contributed by atoms with E-state index in [0.717, 1.165) is 25.2 Å². The fourth-order valence-electron chi connectivity index (χ4n) is 1.10. The first-order valence-corrected chi connectivity index (χ1v) is 4.73. The van der Waals surface area contributed by atoms with Crippen LogP contribution in [-0.4, -0.2) is 11.1 Å². The summed E-state index contributed by atoms with van der Waals surface area (Å²) in [6.07, 6.45) is -1.20. The quantitative estimate of drug-likeness (QED) is 0.787. The molecule has 0 aromatic carbocycles. The van der Waals surface area contributed by atoms with Crippen molar-refractivity contribution in [2.24, 2.45) is 0 Å². The van der Waals surface area contributed by atoms with E-state index in [1.54, 1.807) is 0 Å². The summed E-state index contributed by atoms with van der Waals surface area (Å²) in [6, 6.07) is 0. The molecule has 0 N–H and O–H groups in total. The van der Waals surface area contributed by atoms with Gasteiger partial charge in [0.2, 0.25) is 0 Å². The van der Waals surface area contributed by atoms with Gasteiger partial charge in [-0.15, -0.1) is 0 Å². The van der Waals surface area contributed by atoms with Crippen molar-refractivity contribution in [3.63, 3.8) is 0 Å². The van der Waals surface area contributed by atoms with E-state index >= 15 is 0 Å². The van der Waals surface area contributed by atoms with Crippen molar-refractivity contribution in [3.8, 4) is 5.75 Å². The number of pyridine rings is 1. The van der Waals surface area contributed by atoms with Gasteiger partial charge in [-0.05, 0) is 12.8 Å². The van der Waals surface area contributed by atoms with Crippen LogP contribution in [-0.2, 0) is 6.18 Å². The summed E-state index contributed by atoms with van der Waals surface area (Å²) in [6.45, 7) is 0. The lowest BCUT2D eigenvalue weighted by atomic mass is 10.2. The Hall–Kier alpha value is -0.970. The summed E-state index contributed by atoms with van der Waals surface area (Å²) in [5, 5.41) is -0.100. The summed E-state index contributed by atoms with van der Waals surface area (Å²) in [5.41, 5.74) is -0.915. The van der Waals surface area contributed by atoms with E-state index in [0.29, 0.717) is 0 Å². The predicted molar refractivity (Wildman–Crippen MR) is 47.9 cm³/mol. The third-order valence-electron chi connectivity index (χ3n) is 1.97. The van der Waals surface area contributed by atoms with Gasteiger partial charge in [0.15, 0.2) is 5.75 Å². The molecule has 0 unspecified atom stereocenters. The Kier molecular flexibility index (Phi) is 2.50. The minimum Gasteiger partial charge on any atom is -0.488 e. The van der Waals surface area contributed by atoms with Gasteiger partial charge in [-0.1, -0.05) is 11.6 Å². The molecule has 0 spiro atoms. The van der Waals surface area contributed by atoms with E-state index in [1.807, 2.05) is 0 Å². The fourth-order valence-corrected chi connectivity index (χ4v) is 1.30. The maximum Gasteiger partial charge on any atom is 0.421 e. The van der Waals surface area contributed by atoms with Gasteiger partial charge in [0, 0.05) is 12.4 Å². The molecule has 1 aromatic rings. The molecule has 0 amide bonds. The van der Waals surface area contributed by atoms with E-state index in [4.69, 9.17) is 16.3 Å². The van der Waals surface area contributed by atoms with Crippen molar-refractivity contribution < 1.29 is 17.9 Å². The van der Waals surface area contributed by atoms with E-state index in [-0.39, 0.29) is 16.9 Å². The first-order valence-electron chi connectivity index (χ1n) is 4.36. The second kappa shape index (κ2) is 3.56. The SMILES string of the molecule is FC(F)(F)c1cncc(Cl)c1OC1CC1. The van der Waals surface area contributed by atoms with Gasteiger partial charge in [-0.2, -0.15) is 13.2 Å². The van der Waals surface area contributed by atoms with Crippen molar-refractivity contribution >= 4 is 11.6 Å². The summed E-state index contributed by atoms with van der Waals surface area (Å²) >= 11 is 5.62. The lowest BCUT2D eigenvalue weighted by Gasteiger charge is -2.13. The number of hydrogen-bond donors (Lipinski definition) is 0. The largest absolute Gasteiger partial charge is 0.488 e. The Morgan fingerprint density at radius 1 is 1.33 bits per heavy atom. The molecule has 0 atom stereocenters. The first-order chi connectivity index (χ1) is 6.98. The van der Waals surface area contributed by atoms with E-state index < -0.39 is 11.7 Å². The number of hydrogen-bond acceptors (Lipinski definition) is 2. The molecule has 1 aliphatic rings. The molecular formula is C9H7ClF3NO. The van der Waals surface area contributed by atoms with Crippen LogP contribution in [0.25, 0.3) is 0 Å². The topological polar surface area (TPSA) is 22.1 Å². The van der Waals surface area contributed by atoms with E-state index in [1.165, 1.54) is 0 Å². The Balaban J connectivity index is 2.38. The molecular weight excluding hydrogens is 231 g/mol. The predicted octanol–water partition coefficient (Wildman–Crippen LogP) is 3.30. The number of alkyl halides is 3. The zero-order chi connectivity index (χ0) is 11.1. The van der Waals surface area contributed by atoms with Gasteiger partial charge in [0.1, 0.15) is 10.6 Å². The molecule has 0 saturated heterocycles. The summed E-state index contributed by atoms with van der Waals surface area (Å²) in [4.78, 5) is 3.41. The van der Waals surface area contributed by atoms with Gasteiger partial charge < -0.3 is 4.74 Å². The number of halogens is 4. The number of aromatic nitrogens is 1. The maximum atomic E-state index is 12.5. The third kappa shape index (κ3) is 2.34. The Bertz CT molecular complexity index is 376. The summed E-state index contributed by atoms with van der Waals surface area (Å²) in [5.74, 6) is -0.304. The highest BCUT2D eigenvalue weighted by atomic mass is 35.5. The smallest absolute Gasteiger partial charge is 0.421 e. The van der Waals surface area contributed by atoms with E-state index in [2.05, 4.69) is 4.98 Å². The molecule has 0 aliphatic heterocycles. The van der Waals surface area contributed by atoms with Crippen LogP contribution in [0.5, 0.6) is 5.75 Å². The van der Waals surface area contributed by atoms with Crippen molar-refractivity contribution in [3.05, 3.63) is 23.0 Å². The summed E-state index contributed by atoms with van der Waals surface area (Å²) in [7, 11) is 0. The molecule has 2 nitrogen and oxygen atoms in total. The van der Waals surface area contributed by atoms with Gasteiger partial charge in [0.05, 0.1) is 6.10 Å². The second-order valence-corrected chi connectivity index (χ2v) is 3.72. The molecule has 1 aliphatic carbocycles. The van der Waals surface area contributed by atoms with Crippen molar-refractivity contribution in [1.29, 1.82) is 0 Å². The van der Waals surface area contributed by atoms with Gasteiger partial charge in [-0.25, -0.2) is 0 Å². The number of rotatable bonds is 2. The van der Waals surface area contributed by atoms with Crippen LogP contribution in [0.3, 0.4) is 0 Å². The number of nitrogens with zero attached hydrogens (tertiary/aromatic N) is 1. The van der Waals surface area contributed by atoms with Gasteiger partial charge in [0.25, 0.3) is 0 Å². The zero-order valence-corrected chi connectivity index (χ0v) is 8.27. The molecule has 6 heteroatoms. The minimum absolute atomic E-state index is 0.100. The lowest BCUT2D eigenvalue weighted by molar-refractivity contribution is -0.139. The molecule has 15 heavy (non-hydrogen) atoms. The highest BCUT2D eigenvalue weighted by Crippen LogP contribution is 2.41. The minimum atomic E-state index is -4.48. The van der Waals surface area contributed by atoms with Crippen LogP contribution >= 0.6 is 11.6 Å². The average molecular weight is 238 g/mol. The molecule has 0 radical (unpaired) electrons. The third-order valence-corrected chi connectivity index (χ3v) is 2.24. The van der Waals surface area contributed by atoms with Crippen LogP contribution in [0.15, 0.2) is 12.4 Å². The highest BCUT2D eigenvalue weighted by Gasteiger charge is 2.37. The van der Waals surface area contributed by atoms with Crippen molar-refractivity contribution in [2.45, 2.75) is 25.1 Å². The molecule has 1 fully saturated rings. The Morgan fingerprint density at radius 2 is 2.00 bits per heavy atom. The zero-order valence-electron chi connectivity index (χ0n) is 7.51. The standard InChI is InChI=1S/C9H7ClF3NO/c10-7-4-14-3-6(9(11,12)13)8(7)15-5-1-2-5/h3-5H,1-2H2. The Morgan fingerprint density at radius 3 is 2.53 bits per heavy atom. The second-order valence-electron chi connectivity index (χ2n) is 3.31. The summed E-state index contributed by atoms with van der Waals surface area (Å²) < 4.78 is 42.7. The van der Waals surface area contributed by atoms with Crippen molar-refractivity contribution in [2.75, 3.05) is 0 Å². The highest BCUT2D eigenvalue weighted by molar-refractivity contribution is 6.32. The van der Waals surface area contributed by atoms with Crippen LogP contribution in [0.2, 0.25) is 5.02 Å². The van der Waals surface area contributed by atoms with Crippen LogP contribution < -0.4 is 4.74 Å². The van der Waals surface area contributed by atoms with Gasteiger partial charge in [-0.3, -0.25) is 4.98 Å².